The van der Waals surface area contributed by atoms with Crippen molar-refractivity contribution in [2.45, 2.75) is 19.8 Å². The Morgan fingerprint density at radius 2 is 1.95 bits per heavy atom. The fourth-order valence-corrected chi connectivity index (χ4v) is 2.24. The molecule has 5 nitrogen and oxygen atoms in total. The molecule has 0 atom stereocenters. The fraction of sp³-hybridized carbons (Fsp3) is 0.333. The number of aromatic nitrogens is 2. The van der Waals surface area contributed by atoms with Crippen LogP contribution in [-0.4, -0.2) is 34.9 Å². The monoisotopic (exact) mass is 307 g/mol. The van der Waals surface area contributed by atoms with Gasteiger partial charge in [-0.3, -0.25) is 9.63 Å². The van der Waals surface area contributed by atoms with E-state index in [1.807, 2.05) is 26.0 Å². The zero-order chi connectivity index (χ0) is 15.6. The summed E-state index contributed by atoms with van der Waals surface area (Å²) in [6, 6.07) is 7.34. The first kappa shape index (κ1) is 15.5. The van der Waals surface area contributed by atoms with Crippen LogP contribution in [0.25, 0.3) is 5.69 Å². The van der Waals surface area contributed by atoms with Gasteiger partial charge in [-0.05, 0) is 30.2 Å². The van der Waals surface area contributed by atoms with E-state index in [2.05, 4.69) is 5.10 Å². The summed E-state index contributed by atoms with van der Waals surface area (Å²) >= 11 is 5.91. The molecule has 0 spiro atoms. The number of hydroxylamine groups is 2. The Kier molecular flexibility index (Phi) is 4.65. The quantitative estimate of drug-likeness (QED) is 0.814. The lowest BCUT2D eigenvalue weighted by Crippen LogP contribution is -2.26. The Morgan fingerprint density at radius 3 is 2.48 bits per heavy atom. The topological polar surface area (TPSA) is 47.4 Å². The molecule has 1 aromatic heterocycles. The molecule has 0 radical (unpaired) electrons. The highest BCUT2D eigenvalue weighted by Gasteiger charge is 2.23. The Balaban J connectivity index is 2.51. The summed E-state index contributed by atoms with van der Waals surface area (Å²) in [7, 11) is 3.03. The predicted octanol–water partition coefficient (Wildman–Crippen LogP) is 3.28. The maximum Gasteiger partial charge on any atom is 0.280 e. The molecule has 112 valence electrons. The van der Waals surface area contributed by atoms with Crippen LogP contribution in [0.15, 0.2) is 30.5 Å². The van der Waals surface area contributed by atoms with Gasteiger partial charge >= 0.3 is 0 Å². The number of carbonyl (C=O) groups is 1. The highest BCUT2D eigenvalue weighted by Crippen LogP contribution is 2.24. The average Bonchev–Trinajstić information content (AvgIpc) is 2.91. The molecule has 0 aliphatic carbocycles. The number of carbonyl (C=O) groups excluding carboxylic acids is 1. The van der Waals surface area contributed by atoms with Crippen LogP contribution in [0.3, 0.4) is 0 Å². The number of benzene rings is 1. The molecule has 0 bridgehead atoms. The van der Waals surface area contributed by atoms with E-state index < -0.39 is 0 Å². The van der Waals surface area contributed by atoms with Crippen LogP contribution in [0.1, 0.15) is 35.8 Å². The lowest BCUT2D eigenvalue weighted by molar-refractivity contribution is -0.0757. The number of amides is 1. The lowest BCUT2D eigenvalue weighted by atomic mass is 10.1. The Hall–Kier alpha value is -1.85. The van der Waals surface area contributed by atoms with Crippen molar-refractivity contribution in [2.75, 3.05) is 14.2 Å². The molecule has 0 aliphatic heterocycles. The van der Waals surface area contributed by atoms with Gasteiger partial charge in [0.15, 0.2) is 0 Å². The van der Waals surface area contributed by atoms with Crippen LogP contribution in [0, 0.1) is 0 Å². The van der Waals surface area contributed by atoms with E-state index >= 15 is 0 Å². The third-order valence-corrected chi connectivity index (χ3v) is 3.47. The van der Waals surface area contributed by atoms with Crippen molar-refractivity contribution in [1.29, 1.82) is 0 Å². The van der Waals surface area contributed by atoms with Gasteiger partial charge in [-0.1, -0.05) is 25.4 Å². The molecule has 0 fully saturated rings. The van der Waals surface area contributed by atoms with Crippen molar-refractivity contribution in [3.05, 3.63) is 46.7 Å². The molecule has 2 rings (SSSR count). The molecule has 1 heterocycles. The van der Waals surface area contributed by atoms with Crippen molar-refractivity contribution in [1.82, 2.24) is 14.8 Å². The molecule has 21 heavy (non-hydrogen) atoms. The Morgan fingerprint density at radius 1 is 1.33 bits per heavy atom. The maximum atomic E-state index is 12.3. The summed E-state index contributed by atoms with van der Waals surface area (Å²) < 4.78 is 1.76. The largest absolute Gasteiger partial charge is 0.280 e. The van der Waals surface area contributed by atoms with Crippen molar-refractivity contribution in [2.24, 2.45) is 0 Å². The van der Waals surface area contributed by atoms with Gasteiger partial charge in [-0.2, -0.15) is 5.10 Å². The van der Waals surface area contributed by atoms with Gasteiger partial charge in [0.1, 0.15) is 0 Å². The minimum absolute atomic E-state index is 0.132. The number of rotatable bonds is 4. The van der Waals surface area contributed by atoms with E-state index in [4.69, 9.17) is 16.4 Å². The standard InChI is InChI=1S/C15H18ClN3O2/c1-10(2)14-13(15(20)18(3)21-4)9-17-19(14)12-7-5-11(16)6-8-12/h5-10H,1-4H3. The number of halogens is 1. The van der Waals surface area contributed by atoms with E-state index in [1.165, 1.54) is 12.2 Å². The molecule has 6 heteroatoms. The summed E-state index contributed by atoms with van der Waals surface area (Å²) in [5, 5.41) is 6.19. The number of hydrogen-bond donors (Lipinski definition) is 0. The predicted molar refractivity (Wildman–Crippen MR) is 81.8 cm³/mol. The van der Waals surface area contributed by atoms with E-state index in [1.54, 1.807) is 30.1 Å². The minimum atomic E-state index is -0.221. The highest BCUT2D eigenvalue weighted by atomic mass is 35.5. The molecule has 0 unspecified atom stereocenters. The summed E-state index contributed by atoms with van der Waals surface area (Å²) in [6.45, 7) is 4.04. The van der Waals surface area contributed by atoms with E-state index in [-0.39, 0.29) is 11.8 Å². The van der Waals surface area contributed by atoms with E-state index in [9.17, 15) is 4.79 Å². The SMILES string of the molecule is CON(C)C(=O)c1cnn(-c2ccc(Cl)cc2)c1C(C)C. The van der Waals surface area contributed by atoms with Crippen LogP contribution >= 0.6 is 11.6 Å². The smallest absolute Gasteiger partial charge is 0.274 e. The second-order valence-corrected chi connectivity index (χ2v) is 5.41. The molecule has 0 saturated heterocycles. The summed E-state index contributed by atoms with van der Waals surface area (Å²) in [6.07, 6.45) is 1.57. The second kappa shape index (κ2) is 6.28. The van der Waals surface area contributed by atoms with Crippen LogP contribution < -0.4 is 0 Å². The van der Waals surface area contributed by atoms with Gasteiger partial charge in [-0.25, -0.2) is 9.75 Å². The Labute approximate surface area is 129 Å². The van der Waals surface area contributed by atoms with Crippen molar-refractivity contribution < 1.29 is 9.63 Å². The second-order valence-electron chi connectivity index (χ2n) is 4.97. The van der Waals surface area contributed by atoms with Crippen LogP contribution in [0.2, 0.25) is 5.02 Å². The first-order valence-electron chi connectivity index (χ1n) is 6.61. The molecule has 0 N–H and O–H groups in total. The van der Waals surface area contributed by atoms with Gasteiger partial charge in [0.05, 0.1) is 30.3 Å². The first-order valence-corrected chi connectivity index (χ1v) is 6.99. The highest BCUT2D eigenvalue weighted by molar-refractivity contribution is 6.30. The Bertz CT molecular complexity index is 635. The molecular formula is C15H18ClN3O2. The third-order valence-electron chi connectivity index (χ3n) is 3.21. The van der Waals surface area contributed by atoms with Gasteiger partial charge < -0.3 is 0 Å². The van der Waals surface area contributed by atoms with Crippen LogP contribution in [0.4, 0.5) is 0 Å². The third kappa shape index (κ3) is 3.09. The first-order chi connectivity index (χ1) is 9.95. The molecular weight excluding hydrogens is 290 g/mol. The minimum Gasteiger partial charge on any atom is -0.274 e. The molecule has 1 amide bonds. The fourth-order valence-electron chi connectivity index (χ4n) is 2.12. The maximum absolute atomic E-state index is 12.3. The average molecular weight is 308 g/mol. The van der Waals surface area contributed by atoms with Crippen molar-refractivity contribution in [3.8, 4) is 5.69 Å². The zero-order valence-electron chi connectivity index (χ0n) is 12.5. The van der Waals surface area contributed by atoms with Gasteiger partial charge in [-0.15, -0.1) is 0 Å². The van der Waals surface area contributed by atoms with Crippen molar-refractivity contribution >= 4 is 17.5 Å². The normalized spacial score (nSPS) is 11.0. The van der Waals surface area contributed by atoms with Crippen LogP contribution in [-0.2, 0) is 4.84 Å². The van der Waals surface area contributed by atoms with Gasteiger partial charge in [0.2, 0.25) is 0 Å². The summed E-state index contributed by atoms with van der Waals surface area (Å²) in [5.74, 6) is -0.0891. The number of nitrogens with zero attached hydrogens (tertiary/aromatic N) is 3. The van der Waals surface area contributed by atoms with E-state index in [0.717, 1.165) is 11.4 Å². The summed E-state index contributed by atoms with van der Waals surface area (Å²) in [5.41, 5.74) is 2.23. The van der Waals surface area contributed by atoms with E-state index in [0.29, 0.717) is 10.6 Å². The number of hydrogen-bond acceptors (Lipinski definition) is 3. The molecule has 1 aromatic carbocycles. The zero-order valence-corrected chi connectivity index (χ0v) is 13.3. The van der Waals surface area contributed by atoms with Gasteiger partial charge in [0.25, 0.3) is 5.91 Å². The molecule has 0 aliphatic rings. The van der Waals surface area contributed by atoms with Crippen molar-refractivity contribution in [3.63, 3.8) is 0 Å². The molecule has 2 aromatic rings. The van der Waals surface area contributed by atoms with Gasteiger partial charge in [0, 0.05) is 12.1 Å². The lowest BCUT2D eigenvalue weighted by Gasteiger charge is -2.16. The molecule has 0 saturated carbocycles. The van der Waals surface area contributed by atoms with Crippen LogP contribution in [0.5, 0.6) is 0 Å². The summed E-state index contributed by atoms with van der Waals surface area (Å²) in [4.78, 5) is 17.3.